The van der Waals surface area contributed by atoms with E-state index >= 15 is 0 Å². The van der Waals surface area contributed by atoms with Crippen LogP contribution >= 0.6 is 0 Å². The van der Waals surface area contributed by atoms with Crippen LogP contribution in [0.2, 0.25) is 0 Å². The van der Waals surface area contributed by atoms with E-state index in [4.69, 9.17) is 0 Å². The summed E-state index contributed by atoms with van der Waals surface area (Å²) < 4.78 is 28.9. The average Bonchev–Trinajstić information content (AvgIpc) is 2.63. The molecule has 6 nitrogen and oxygen atoms in total. The van der Waals surface area contributed by atoms with Crippen molar-refractivity contribution < 1.29 is 8.42 Å². The first-order chi connectivity index (χ1) is 8.42. The molecule has 2 rings (SSSR count). The second kappa shape index (κ2) is 4.99. The first kappa shape index (κ1) is 13.5. The minimum atomic E-state index is -3.48. The van der Waals surface area contributed by atoms with Crippen molar-refractivity contribution in [1.82, 2.24) is 19.8 Å². The van der Waals surface area contributed by atoms with Gasteiger partial charge in [0.25, 0.3) is 0 Å². The number of hydrogen-bond acceptors (Lipinski definition) is 4. The second-order valence-electron chi connectivity index (χ2n) is 4.92. The van der Waals surface area contributed by atoms with Crippen LogP contribution < -0.4 is 10.0 Å². The van der Waals surface area contributed by atoms with E-state index in [1.54, 1.807) is 18.7 Å². The van der Waals surface area contributed by atoms with Crippen molar-refractivity contribution in [3.8, 4) is 0 Å². The highest BCUT2D eigenvalue weighted by atomic mass is 32.2. The highest BCUT2D eigenvalue weighted by Gasteiger charge is 2.28. The first-order valence-electron chi connectivity index (χ1n) is 6.13. The lowest BCUT2D eigenvalue weighted by molar-refractivity contribution is 0.327. The fourth-order valence-electron chi connectivity index (χ4n) is 2.15. The van der Waals surface area contributed by atoms with Crippen molar-refractivity contribution >= 4 is 10.0 Å². The Morgan fingerprint density at radius 3 is 2.83 bits per heavy atom. The third kappa shape index (κ3) is 2.57. The lowest BCUT2D eigenvalue weighted by Crippen LogP contribution is -2.50. The van der Waals surface area contributed by atoms with Gasteiger partial charge in [0, 0.05) is 19.6 Å². The molecule has 102 valence electrons. The van der Waals surface area contributed by atoms with Gasteiger partial charge in [0.05, 0.1) is 11.9 Å². The summed E-state index contributed by atoms with van der Waals surface area (Å²) in [5.41, 5.74) is 0.652. The number of nitrogens with zero attached hydrogens (tertiary/aromatic N) is 2. The third-order valence-electron chi connectivity index (χ3n) is 3.61. The van der Waals surface area contributed by atoms with Crippen molar-refractivity contribution in [2.24, 2.45) is 13.0 Å². The molecule has 0 amide bonds. The molecule has 0 radical (unpaired) electrons. The Kier molecular flexibility index (Phi) is 3.74. The van der Waals surface area contributed by atoms with Crippen LogP contribution in [0.25, 0.3) is 0 Å². The minimum Gasteiger partial charge on any atom is -0.315 e. The number of rotatable bonds is 3. The van der Waals surface area contributed by atoms with E-state index in [1.807, 2.05) is 0 Å². The zero-order valence-corrected chi connectivity index (χ0v) is 11.8. The van der Waals surface area contributed by atoms with E-state index in [0.29, 0.717) is 18.2 Å². The van der Waals surface area contributed by atoms with Gasteiger partial charge in [0.2, 0.25) is 10.0 Å². The molecule has 2 N–H and O–H groups in total. The van der Waals surface area contributed by atoms with E-state index in [1.165, 1.54) is 6.20 Å². The van der Waals surface area contributed by atoms with Gasteiger partial charge in [0.15, 0.2) is 0 Å². The van der Waals surface area contributed by atoms with Crippen LogP contribution in [0, 0.1) is 12.8 Å². The zero-order valence-electron chi connectivity index (χ0n) is 11.0. The predicted octanol–water partition coefficient (Wildman–Crippen LogP) is 0.00482. The third-order valence-corrected chi connectivity index (χ3v) is 5.21. The number of sulfonamides is 1. The summed E-state index contributed by atoms with van der Waals surface area (Å²) in [5, 5.41) is 7.19. The van der Waals surface area contributed by atoms with Crippen LogP contribution in [-0.4, -0.2) is 37.3 Å². The maximum atomic E-state index is 12.3. The standard InChI is InChI=1S/C11H20N4O2S/c1-8-4-5-12-6-10(8)14-18(16,17)11-7-13-15(3)9(11)2/h7-8,10,12,14H,4-6H2,1-3H3. The topological polar surface area (TPSA) is 76.0 Å². The van der Waals surface area contributed by atoms with Gasteiger partial charge in [-0.3, -0.25) is 4.68 Å². The summed E-state index contributed by atoms with van der Waals surface area (Å²) in [6, 6.07) is -0.0524. The molecule has 1 aromatic rings. The van der Waals surface area contributed by atoms with Gasteiger partial charge in [-0.05, 0) is 25.8 Å². The van der Waals surface area contributed by atoms with E-state index in [0.717, 1.165) is 13.0 Å². The molecule has 1 saturated heterocycles. The number of aryl methyl sites for hydroxylation is 1. The van der Waals surface area contributed by atoms with Crippen LogP contribution in [0.4, 0.5) is 0 Å². The molecule has 0 aliphatic carbocycles. The minimum absolute atomic E-state index is 0.0524. The van der Waals surface area contributed by atoms with Crippen molar-refractivity contribution in [3.63, 3.8) is 0 Å². The highest BCUT2D eigenvalue weighted by Crippen LogP contribution is 2.17. The van der Waals surface area contributed by atoms with E-state index in [2.05, 4.69) is 22.1 Å². The van der Waals surface area contributed by atoms with E-state index in [-0.39, 0.29) is 10.9 Å². The van der Waals surface area contributed by atoms with Crippen LogP contribution in [0.3, 0.4) is 0 Å². The molecule has 0 saturated carbocycles. The van der Waals surface area contributed by atoms with Crippen molar-refractivity contribution in [2.75, 3.05) is 13.1 Å². The summed E-state index contributed by atoms with van der Waals surface area (Å²) in [6.07, 6.45) is 2.39. The fourth-order valence-corrected chi connectivity index (χ4v) is 3.70. The molecule has 1 fully saturated rings. The average molecular weight is 272 g/mol. The van der Waals surface area contributed by atoms with Crippen LogP contribution in [0.5, 0.6) is 0 Å². The maximum absolute atomic E-state index is 12.3. The highest BCUT2D eigenvalue weighted by molar-refractivity contribution is 7.89. The number of piperidine rings is 1. The smallest absolute Gasteiger partial charge is 0.244 e. The monoisotopic (exact) mass is 272 g/mol. The van der Waals surface area contributed by atoms with Crippen LogP contribution in [0.1, 0.15) is 19.0 Å². The van der Waals surface area contributed by atoms with Crippen LogP contribution in [0.15, 0.2) is 11.1 Å². The van der Waals surface area contributed by atoms with Gasteiger partial charge in [-0.25, -0.2) is 13.1 Å². The molecule has 0 bridgehead atoms. The molecule has 1 aliphatic heterocycles. The van der Waals surface area contributed by atoms with Crippen LogP contribution in [-0.2, 0) is 17.1 Å². The van der Waals surface area contributed by atoms with Gasteiger partial charge >= 0.3 is 0 Å². The van der Waals surface area contributed by atoms with Crippen molar-refractivity contribution in [3.05, 3.63) is 11.9 Å². The summed E-state index contributed by atoms with van der Waals surface area (Å²) in [7, 11) is -1.74. The molecule has 2 heterocycles. The SMILES string of the molecule is Cc1c(S(=O)(=O)NC2CNCCC2C)cnn1C. The lowest BCUT2D eigenvalue weighted by Gasteiger charge is -2.29. The Morgan fingerprint density at radius 1 is 1.56 bits per heavy atom. The predicted molar refractivity (Wildman–Crippen MR) is 68.7 cm³/mol. The molecule has 7 heteroatoms. The van der Waals surface area contributed by atoms with Gasteiger partial charge in [-0.15, -0.1) is 0 Å². The first-order valence-corrected chi connectivity index (χ1v) is 7.62. The second-order valence-corrected chi connectivity index (χ2v) is 6.60. The summed E-state index contributed by atoms with van der Waals surface area (Å²) >= 11 is 0. The Hall–Kier alpha value is -0.920. The quantitative estimate of drug-likeness (QED) is 0.812. The lowest BCUT2D eigenvalue weighted by atomic mass is 9.96. The van der Waals surface area contributed by atoms with Crippen molar-refractivity contribution in [1.29, 1.82) is 0 Å². The van der Waals surface area contributed by atoms with Gasteiger partial charge in [-0.1, -0.05) is 6.92 Å². The number of hydrogen-bond donors (Lipinski definition) is 2. The zero-order chi connectivity index (χ0) is 13.3. The number of aromatic nitrogens is 2. The molecule has 1 aromatic heterocycles. The molecule has 2 unspecified atom stereocenters. The summed E-state index contributed by atoms with van der Waals surface area (Å²) in [5.74, 6) is 0.345. The fraction of sp³-hybridized carbons (Fsp3) is 0.727. The van der Waals surface area contributed by atoms with E-state index < -0.39 is 10.0 Å². The molecular weight excluding hydrogens is 252 g/mol. The Morgan fingerprint density at radius 2 is 2.28 bits per heavy atom. The summed E-state index contributed by atoms with van der Waals surface area (Å²) in [4.78, 5) is 0.266. The van der Waals surface area contributed by atoms with Gasteiger partial charge in [-0.2, -0.15) is 5.10 Å². The van der Waals surface area contributed by atoms with Gasteiger partial charge < -0.3 is 5.32 Å². The Balaban J connectivity index is 2.19. The normalized spacial score (nSPS) is 25.3. The van der Waals surface area contributed by atoms with Gasteiger partial charge in [0.1, 0.15) is 4.90 Å². The molecule has 1 aliphatic rings. The largest absolute Gasteiger partial charge is 0.315 e. The Labute approximate surface area is 108 Å². The van der Waals surface area contributed by atoms with E-state index in [9.17, 15) is 8.42 Å². The van der Waals surface area contributed by atoms with Crippen molar-refractivity contribution in [2.45, 2.75) is 31.2 Å². The molecule has 2 atom stereocenters. The molecule has 18 heavy (non-hydrogen) atoms. The number of nitrogens with one attached hydrogen (secondary N) is 2. The molecular formula is C11H20N4O2S. The molecule has 0 aromatic carbocycles. The molecule has 0 spiro atoms. The Bertz CT molecular complexity index is 523. The maximum Gasteiger partial charge on any atom is 0.244 e. The summed E-state index contributed by atoms with van der Waals surface area (Å²) in [6.45, 7) is 5.46.